The van der Waals surface area contributed by atoms with Crippen LogP contribution in [0.4, 0.5) is 0 Å². The lowest BCUT2D eigenvalue weighted by Crippen LogP contribution is -2.60. The van der Waals surface area contributed by atoms with Crippen molar-refractivity contribution in [1.29, 1.82) is 0 Å². The van der Waals surface area contributed by atoms with Gasteiger partial charge in [0.2, 0.25) is 0 Å². The molecule has 0 aromatic heterocycles. The molecule has 1 aliphatic heterocycles. The first-order valence-electron chi connectivity index (χ1n) is 8.13. The Hall–Kier alpha value is -0.120. The monoisotopic (exact) mass is 268 g/mol. The van der Waals surface area contributed by atoms with Crippen LogP contribution in [-0.4, -0.2) is 42.8 Å². The van der Waals surface area contributed by atoms with Crippen molar-refractivity contribution in [3.8, 4) is 0 Å². The molecule has 3 nitrogen and oxygen atoms in total. The van der Waals surface area contributed by atoms with Gasteiger partial charge in [-0.15, -0.1) is 0 Å². The molecule has 0 bridgehead atoms. The third-order valence-corrected chi connectivity index (χ3v) is 5.17. The summed E-state index contributed by atoms with van der Waals surface area (Å²) in [7, 11) is 0. The van der Waals surface area contributed by atoms with Crippen molar-refractivity contribution in [2.24, 2.45) is 17.6 Å². The fraction of sp³-hybridized carbons (Fsp3) is 1.00. The topological polar surface area (TPSA) is 38.5 Å². The van der Waals surface area contributed by atoms with Crippen LogP contribution in [0.5, 0.6) is 0 Å². The first-order chi connectivity index (χ1) is 9.08. The van der Waals surface area contributed by atoms with E-state index in [4.69, 9.17) is 10.5 Å². The smallest absolute Gasteiger partial charge is 0.0645 e. The van der Waals surface area contributed by atoms with E-state index in [9.17, 15) is 0 Å². The van der Waals surface area contributed by atoms with Crippen LogP contribution < -0.4 is 5.73 Å². The second-order valence-electron chi connectivity index (χ2n) is 7.09. The zero-order valence-electron chi connectivity index (χ0n) is 13.0. The zero-order chi connectivity index (χ0) is 13.9. The Bertz CT molecular complexity index is 280. The maximum atomic E-state index is 6.05. The van der Waals surface area contributed by atoms with Crippen LogP contribution in [0.1, 0.15) is 52.9 Å². The molecule has 0 aromatic rings. The molecule has 0 amide bonds. The molecule has 2 N–H and O–H groups in total. The predicted molar refractivity (Wildman–Crippen MR) is 80.2 cm³/mol. The Morgan fingerprint density at radius 1 is 1.32 bits per heavy atom. The van der Waals surface area contributed by atoms with Gasteiger partial charge in [0.25, 0.3) is 0 Å². The molecule has 3 unspecified atom stereocenters. The van der Waals surface area contributed by atoms with Crippen LogP contribution in [0.15, 0.2) is 0 Å². The van der Waals surface area contributed by atoms with Crippen LogP contribution in [0.3, 0.4) is 0 Å². The second-order valence-corrected chi connectivity index (χ2v) is 7.09. The van der Waals surface area contributed by atoms with E-state index in [1.165, 1.54) is 32.1 Å². The van der Waals surface area contributed by atoms with Gasteiger partial charge in [-0.3, -0.25) is 4.90 Å². The van der Waals surface area contributed by atoms with E-state index in [0.717, 1.165) is 32.2 Å². The summed E-state index contributed by atoms with van der Waals surface area (Å²) in [5.74, 6) is 1.60. The maximum Gasteiger partial charge on any atom is 0.0645 e. The van der Waals surface area contributed by atoms with Gasteiger partial charge in [0.05, 0.1) is 13.2 Å². The Labute approximate surface area is 118 Å². The van der Waals surface area contributed by atoms with E-state index in [0.29, 0.717) is 12.0 Å². The molecule has 19 heavy (non-hydrogen) atoms. The van der Waals surface area contributed by atoms with Gasteiger partial charge in [0.1, 0.15) is 0 Å². The molecule has 112 valence electrons. The van der Waals surface area contributed by atoms with Gasteiger partial charge < -0.3 is 10.5 Å². The minimum absolute atomic E-state index is 0.171. The van der Waals surface area contributed by atoms with Crippen molar-refractivity contribution in [1.82, 2.24) is 4.90 Å². The summed E-state index contributed by atoms with van der Waals surface area (Å²) in [5.41, 5.74) is 6.22. The molecular weight excluding hydrogens is 236 g/mol. The van der Waals surface area contributed by atoms with Crippen LogP contribution in [0, 0.1) is 11.8 Å². The highest BCUT2D eigenvalue weighted by Gasteiger charge is 2.41. The van der Waals surface area contributed by atoms with Crippen LogP contribution in [0.2, 0.25) is 0 Å². The third-order valence-electron chi connectivity index (χ3n) is 5.17. The van der Waals surface area contributed by atoms with Crippen LogP contribution in [0.25, 0.3) is 0 Å². The highest BCUT2D eigenvalue weighted by atomic mass is 16.5. The van der Waals surface area contributed by atoms with Gasteiger partial charge in [0, 0.05) is 18.1 Å². The van der Waals surface area contributed by atoms with Gasteiger partial charge in [0.15, 0.2) is 0 Å². The fourth-order valence-corrected chi connectivity index (χ4v) is 4.11. The summed E-state index contributed by atoms with van der Waals surface area (Å²) >= 11 is 0. The lowest BCUT2D eigenvalue weighted by atomic mass is 9.74. The quantitative estimate of drug-likeness (QED) is 0.852. The minimum Gasteiger partial charge on any atom is -0.378 e. The summed E-state index contributed by atoms with van der Waals surface area (Å²) in [4.78, 5) is 2.70. The number of hydrogen-bond donors (Lipinski definition) is 1. The zero-order valence-corrected chi connectivity index (χ0v) is 13.0. The number of ether oxygens (including phenoxy) is 1. The number of nitrogens with zero attached hydrogens (tertiary/aromatic N) is 1. The van der Waals surface area contributed by atoms with Crippen molar-refractivity contribution in [2.75, 3.05) is 26.3 Å². The molecule has 1 saturated heterocycles. The summed E-state index contributed by atoms with van der Waals surface area (Å²) in [6.45, 7) is 10.6. The van der Waals surface area contributed by atoms with E-state index in [2.05, 4.69) is 25.7 Å². The predicted octanol–water partition coefficient (Wildman–Crippen LogP) is 2.64. The first-order valence-corrected chi connectivity index (χ1v) is 8.13. The van der Waals surface area contributed by atoms with E-state index in [-0.39, 0.29) is 5.54 Å². The second kappa shape index (κ2) is 6.55. The number of hydrogen-bond acceptors (Lipinski definition) is 3. The third kappa shape index (κ3) is 3.50. The molecule has 3 atom stereocenters. The number of nitrogens with two attached hydrogens (primary N) is 1. The number of morpholine rings is 1. The van der Waals surface area contributed by atoms with E-state index in [1.807, 2.05) is 0 Å². The molecule has 1 heterocycles. The van der Waals surface area contributed by atoms with Gasteiger partial charge in [-0.25, -0.2) is 0 Å². The van der Waals surface area contributed by atoms with E-state index in [1.54, 1.807) is 0 Å². The largest absolute Gasteiger partial charge is 0.378 e. The van der Waals surface area contributed by atoms with E-state index >= 15 is 0 Å². The number of rotatable bonds is 4. The molecule has 0 spiro atoms. The highest BCUT2D eigenvalue weighted by Crippen LogP contribution is 2.37. The maximum absolute atomic E-state index is 6.05. The van der Waals surface area contributed by atoms with Gasteiger partial charge >= 0.3 is 0 Å². The summed E-state index contributed by atoms with van der Waals surface area (Å²) in [6.07, 6.45) is 6.76. The molecule has 2 fully saturated rings. The van der Waals surface area contributed by atoms with Crippen LogP contribution >= 0.6 is 0 Å². The average Bonchev–Trinajstić information content (AvgIpc) is 2.38. The first kappa shape index (κ1) is 15.3. The summed E-state index contributed by atoms with van der Waals surface area (Å²) in [5, 5.41) is 0. The van der Waals surface area contributed by atoms with Crippen molar-refractivity contribution in [2.45, 2.75) is 64.5 Å². The highest BCUT2D eigenvalue weighted by molar-refractivity contribution is 4.95. The lowest BCUT2D eigenvalue weighted by Gasteiger charge is -2.51. The Morgan fingerprint density at radius 3 is 2.74 bits per heavy atom. The van der Waals surface area contributed by atoms with Crippen molar-refractivity contribution in [3.05, 3.63) is 0 Å². The lowest BCUT2D eigenvalue weighted by molar-refractivity contribution is -0.0936. The standard InChI is InChI=1S/C16H32N2O/c1-4-5-13-6-7-14(11-17)15(10-13)18-8-9-19-12-16(18,2)3/h13-15H,4-12,17H2,1-3H3. The SMILES string of the molecule is CCCC1CCC(CN)C(N2CCOCC2(C)C)C1. The Kier molecular flexibility index (Phi) is 5.27. The molecule has 0 radical (unpaired) electrons. The molecule has 3 heteroatoms. The molecule has 0 aromatic carbocycles. The molecular formula is C16H32N2O. The molecule has 2 rings (SSSR count). The Morgan fingerprint density at radius 2 is 2.11 bits per heavy atom. The summed E-state index contributed by atoms with van der Waals surface area (Å²) in [6, 6.07) is 0.675. The van der Waals surface area contributed by atoms with E-state index < -0.39 is 0 Å². The summed E-state index contributed by atoms with van der Waals surface area (Å²) < 4.78 is 5.68. The Balaban J connectivity index is 2.08. The van der Waals surface area contributed by atoms with Crippen molar-refractivity contribution < 1.29 is 4.74 Å². The molecule has 2 aliphatic rings. The molecule has 1 aliphatic carbocycles. The minimum atomic E-state index is 0.171. The average molecular weight is 268 g/mol. The van der Waals surface area contributed by atoms with Gasteiger partial charge in [-0.2, -0.15) is 0 Å². The fourth-order valence-electron chi connectivity index (χ4n) is 4.11. The normalized spacial score (nSPS) is 36.3. The molecule has 1 saturated carbocycles. The van der Waals surface area contributed by atoms with Crippen LogP contribution in [-0.2, 0) is 4.74 Å². The van der Waals surface area contributed by atoms with Crippen molar-refractivity contribution >= 4 is 0 Å². The van der Waals surface area contributed by atoms with Gasteiger partial charge in [-0.1, -0.05) is 26.2 Å². The van der Waals surface area contributed by atoms with Crippen molar-refractivity contribution in [3.63, 3.8) is 0 Å². The van der Waals surface area contributed by atoms with Gasteiger partial charge in [-0.05, 0) is 45.1 Å².